The maximum atomic E-state index is 12.1. The molecule has 2 aromatic carbocycles. The predicted octanol–water partition coefficient (Wildman–Crippen LogP) is 4.83. The molecule has 3 rings (SSSR count). The van der Waals surface area contributed by atoms with Gasteiger partial charge in [0.15, 0.2) is 11.6 Å². The molecule has 0 spiro atoms. The van der Waals surface area contributed by atoms with Gasteiger partial charge in [0.1, 0.15) is 11.4 Å². The summed E-state index contributed by atoms with van der Waals surface area (Å²) in [5.74, 6) is 0.409. The van der Waals surface area contributed by atoms with Crippen LogP contribution in [0.4, 0.5) is 10.5 Å². The molecule has 1 heterocycles. The quantitative estimate of drug-likeness (QED) is 0.280. The van der Waals surface area contributed by atoms with E-state index in [0.717, 1.165) is 0 Å². The third kappa shape index (κ3) is 4.39. The summed E-state index contributed by atoms with van der Waals surface area (Å²) in [6.07, 6.45) is -0.855. The summed E-state index contributed by atoms with van der Waals surface area (Å²) in [5.41, 5.74) is 7.66. The van der Waals surface area contributed by atoms with Crippen molar-refractivity contribution < 1.29 is 14.2 Å². The maximum Gasteiger partial charge on any atom is 0.438 e. The average molecular weight is 405 g/mol. The van der Waals surface area contributed by atoms with Gasteiger partial charge in [-0.2, -0.15) is 0 Å². The van der Waals surface area contributed by atoms with Crippen LogP contribution in [0.15, 0.2) is 58.2 Å². The van der Waals surface area contributed by atoms with Crippen LogP contribution in [0.3, 0.4) is 0 Å². The first kappa shape index (κ1) is 18.8. The fraction of sp³-hybridized carbons (Fsp3) is 0.0556. The van der Waals surface area contributed by atoms with E-state index in [9.17, 15) is 4.79 Å². The van der Waals surface area contributed by atoms with Gasteiger partial charge in [-0.15, -0.1) is 0 Å². The molecule has 138 valence electrons. The Morgan fingerprint density at radius 1 is 1.19 bits per heavy atom. The minimum Gasteiger partial charge on any atom is -0.380 e. The molecule has 0 aliphatic heterocycles. The Bertz CT molecular complexity index is 1000. The third-order valence-electron chi connectivity index (χ3n) is 3.59. The van der Waals surface area contributed by atoms with Crippen LogP contribution in [-0.2, 0) is 4.84 Å². The molecule has 3 aromatic rings. The van der Waals surface area contributed by atoms with E-state index < -0.39 is 6.09 Å². The molecule has 0 radical (unpaired) electrons. The maximum absolute atomic E-state index is 12.1. The molecular weight excluding hydrogens is 391 g/mol. The molecule has 0 atom stereocenters. The van der Waals surface area contributed by atoms with Gasteiger partial charge >= 0.3 is 6.09 Å². The van der Waals surface area contributed by atoms with Crippen molar-refractivity contribution in [3.63, 3.8) is 0 Å². The molecule has 0 unspecified atom stereocenters. The van der Waals surface area contributed by atoms with E-state index in [1.165, 1.54) is 0 Å². The van der Waals surface area contributed by atoms with E-state index in [2.05, 4.69) is 15.6 Å². The van der Waals surface area contributed by atoms with Gasteiger partial charge in [0.2, 0.25) is 0 Å². The van der Waals surface area contributed by atoms with E-state index in [0.29, 0.717) is 38.3 Å². The fourth-order valence-electron chi connectivity index (χ4n) is 2.25. The van der Waals surface area contributed by atoms with Crippen molar-refractivity contribution >= 4 is 40.8 Å². The number of oxime groups is 1. The minimum atomic E-state index is -0.855. The Morgan fingerprint density at radius 3 is 2.59 bits per heavy atom. The average Bonchev–Trinajstić information content (AvgIpc) is 3.01. The molecule has 0 aliphatic carbocycles. The normalized spacial score (nSPS) is 11.3. The van der Waals surface area contributed by atoms with Crippen molar-refractivity contribution in [3.05, 3.63) is 69.9 Å². The number of hydrogen-bond donors (Lipinski definition) is 2. The number of anilines is 1. The zero-order valence-corrected chi connectivity index (χ0v) is 15.6. The second-order valence-electron chi connectivity index (χ2n) is 5.43. The molecule has 1 aromatic heterocycles. The van der Waals surface area contributed by atoms with E-state index in [-0.39, 0.29) is 5.84 Å². The van der Waals surface area contributed by atoms with Crippen molar-refractivity contribution in [1.82, 2.24) is 5.16 Å². The predicted molar refractivity (Wildman–Crippen MR) is 104 cm³/mol. The molecular formula is C18H14Cl2N4O3. The molecule has 9 heteroatoms. The molecule has 3 N–H and O–H groups in total. The second-order valence-corrected chi connectivity index (χ2v) is 6.27. The number of benzene rings is 2. The highest BCUT2D eigenvalue weighted by Gasteiger charge is 2.19. The largest absolute Gasteiger partial charge is 0.438 e. The zero-order chi connectivity index (χ0) is 19.4. The highest BCUT2D eigenvalue weighted by atomic mass is 35.5. The van der Waals surface area contributed by atoms with Crippen molar-refractivity contribution in [2.24, 2.45) is 10.9 Å². The topological polar surface area (TPSA) is 103 Å². The van der Waals surface area contributed by atoms with Crippen LogP contribution in [-0.4, -0.2) is 17.1 Å². The number of halogens is 2. The molecule has 27 heavy (non-hydrogen) atoms. The number of aromatic nitrogens is 1. The summed E-state index contributed by atoms with van der Waals surface area (Å²) >= 11 is 12.0. The number of amidine groups is 1. The van der Waals surface area contributed by atoms with Gasteiger partial charge < -0.3 is 10.3 Å². The molecule has 7 nitrogen and oxygen atoms in total. The summed E-state index contributed by atoms with van der Waals surface area (Å²) in [5, 5.41) is 11.1. The van der Waals surface area contributed by atoms with Gasteiger partial charge in [-0.25, -0.2) is 4.79 Å². The summed E-state index contributed by atoms with van der Waals surface area (Å²) in [4.78, 5) is 16.9. The van der Waals surface area contributed by atoms with Crippen LogP contribution < -0.4 is 11.1 Å². The number of rotatable bonds is 4. The Hall–Kier alpha value is -3.03. The summed E-state index contributed by atoms with van der Waals surface area (Å²) in [6.45, 7) is 1.65. The first-order chi connectivity index (χ1) is 13.0. The van der Waals surface area contributed by atoms with Crippen molar-refractivity contribution in [1.29, 1.82) is 0 Å². The molecule has 1 amide bonds. The third-order valence-corrected chi connectivity index (χ3v) is 4.17. The minimum absolute atomic E-state index is 0.0233. The van der Waals surface area contributed by atoms with E-state index in [1.54, 1.807) is 55.5 Å². The molecule has 0 saturated carbocycles. The van der Waals surface area contributed by atoms with Gasteiger partial charge in [-0.3, -0.25) is 10.2 Å². The summed E-state index contributed by atoms with van der Waals surface area (Å²) in [6, 6.07) is 13.7. The second kappa shape index (κ2) is 8.11. The van der Waals surface area contributed by atoms with Gasteiger partial charge in [-0.05, 0) is 37.3 Å². The Kier molecular flexibility index (Phi) is 5.63. The zero-order valence-electron chi connectivity index (χ0n) is 14.1. The molecule has 0 aliphatic rings. The lowest BCUT2D eigenvalue weighted by Gasteiger charge is -2.06. The fourth-order valence-corrected chi connectivity index (χ4v) is 2.60. The van der Waals surface area contributed by atoms with Crippen molar-refractivity contribution in [2.75, 3.05) is 5.32 Å². The highest BCUT2D eigenvalue weighted by Crippen LogP contribution is 2.34. The Labute approximate surface area is 164 Å². The monoisotopic (exact) mass is 404 g/mol. The summed E-state index contributed by atoms with van der Waals surface area (Å²) in [7, 11) is 0. The number of amides is 1. The first-order valence-electron chi connectivity index (χ1n) is 7.74. The van der Waals surface area contributed by atoms with Gasteiger partial charge in [-0.1, -0.05) is 51.7 Å². The molecule has 0 fully saturated rings. The van der Waals surface area contributed by atoms with Crippen LogP contribution in [0.5, 0.6) is 0 Å². The number of hydrogen-bond acceptors (Lipinski definition) is 5. The van der Waals surface area contributed by atoms with Gasteiger partial charge in [0, 0.05) is 16.1 Å². The van der Waals surface area contributed by atoms with Crippen LogP contribution >= 0.6 is 23.2 Å². The SMILES string of the molecule is Cc1onc(-c2ccccc2Cl)c1NC(=O)O/N=C(\N)c1ccc(Cl)cc1. The van der Waals surface area contributed by atoms with Gasteiger partial charge in [0.05, 0.1) is 5.02 Å². The van der Waals surface area contributed by atoms with E-state index in [1.807, 2.05) is 0 Å². The number of aryl methyl sites for hydroxylation is 1. The van der Waals surface area contributed by atoms with E-state index in [4.69, 9.17) is 38.3 Å². The lowest BCUT2D eigenvalue weighted by molar-refractivity contribution is 0.166. The Balaban J connectivity index is 1.75. The standard InChI is InChI=1S/C18H14Cl2N4O3/c1-10-15(16(23-26-10)13-4-2-3-5-14(13)20)22-18(25)27-24-17(21)11-6-8-12(19)9-7-11/h2-9H,1H3,(H2,21,24)(H,22,25). The summed E-state index contributed by atoms with van der Waals surface area (Å²) < 4.78 is 5.16. The number of nitrogens with zero attached hydrogens (tertiary/aromatic N) is 2. The number of nitrogens with one attached hydrogen (secondary N) is 1. The van der Waals surface area contributed by atoms with Crippen LogP contribution in [0, 0.1) is 6.92 Å². The van der Waals surface area contributed by atoms with E-state index >= 15 is 0 Å². The van der Waals surface area contributed by atoms with Crippen LogP contribution in [0.1, 0.15) is 11.3 Å². The smallest absolute Gasteiger partial charge is 0.380 e. The first-order valence-corrected chi connectivity index (χ1v) is 8.50. The highest BCUT2D eigenvalue weighted by molar-refractivity contribution is 6.33. The lowest BCUT2D eigenvalue weighted by atomic mass is 10.1. The van der Waals surface area contributed by atoms with Crippen molar-refractivity contribution in [2.45, 2.75) is 6.92 Å². The number of carbonyl (C=O) groups excluding carboxylic acids is 1. The molecule has 0 bridgehead atoms. The van der Waals surface area contributed by atoms with Crippen LogP contribution in [0.25, 0.3) is 11.3 Å². The van der Waals surface area contributed by atoms with Crippen LogP contribution in [0.2, 0.25) is 10.0 Å². The lowest BCUT2D eigenvalue weighted by Crippen LogP contribution is -2.17. The van der Waals surface area contributed by atoms with Crippen molar-refractivity contribution in [3.8, 4) is 11.3 Å². The number of carbonyl (C=O) groups is 1. The molecule has 0 saturated heterocycles. The number of nitrogens with two attached hydrogens (primary N) is 1. The Morgan fingerprint density at radius 2 is 1.89 bits per heavy atom. The van der Waals surface area contributed by atoms with Gasteiger partial charge in [0.25, 0.3) is 0 Å².